The Hall–Kier alpha value is -2.44. The molecule has 0 saturated carbocycles. The molecule has 0 aromatic heterocycles. The lowest BCUT2D eigenvalue weighted by Gasteiger charge is -2.14. The Morgan fingerprint density at radius 1 is 1.04 bits per heavy atom. The number of rotatable bonds is 8. The summed E-state index contributed by atoms with van der Waals surface area (Å²) in [5, 5.41) is 3.95. The number of carbonyl (C=O) groups excluding carboxylic acids is 1. The zero-order valence-corrected chi connectivity index (χ0v) is 14.9. The van der Waals surface area contributed by atoms with E-state index in [0.717, 1.165) is 16.5 Å². The summed E-state index contributed by atoms with van der Waals surface area (Å²) in [4.78, 5) is 11.9. The molecule has 1 unspecified atom stereocenters. The fraction of sp³-hybridized carbons (Fsp3) is 0.211. The summed E-state index contributed by atoms with van der Waals surface area (Å²) in [5.41, 5.74) is 1.80. The summed E-state index contributed by atoms with van der Waals surface area (Å²) in [6.07, 6.45) is 1.59. The van der Waals surface area contributed by atoms with Crippen molar-refractivity contribution in [2.75, 3.05) is 6.54 Å². The fourth-order valence-electron chi connectivity index (χ4n) is 2.23. The number of amides is 1. The van der Waals surface area contributed by atoms with E-state index in [-0.39, 0.29) is 24.9 Å². The minimum atomic E-state index is -3.57. The van der Waals surface area contributed by atoms with Crippen molar-refractivity contribution in [3.63, 3.8) is 0 Å². The molecular weight excluding hydrogens is 336 g/mol. The molecule has 0 heterocycles. The molecular formula is C19H22N2O3S. The smallest absolute Gasteiger partial charge is 0.233 e. The van der Waals surface area contributed by atoms with Crippen LogP contribution in [0.5, 0.6) is 0 Å². The Bertz CT molecular complexity index is 803. The summed E-state index contributed by atoms with van der Waals surface area (Å²) in [6.45, 7) is 1.94. The molecule has 2 aromatic rings. The van der Waals surface area contributed by atoms with Gasteiger partial charge >= 0.3 is 0 Å². The predicted octanol–water partition coefficient (Wildman–Crippen LogP) is 2.84. The average Bonchev–Trinajstić information content (AvgIpc) is 2.61. The maximum atomic E-state index is 11.9. The Kier molecular flexibility index (Phi) is 6.91. The number of benzene rings is 2. The van der Waals surface area contributed by atoms with Crippen molar-refractivity contribution >= 4 is 22.0 Å². The van der Waals surface area contributed by atoms with Crippen LogP contribution in [0.25, 0.3) is 6.08 Å². The van der Waals surface area contributed by atoms with Gasteiger partial charge in [0.15, 0.2) is 0 Å². The fourth-order valence-corrected chi connectivity index (χ4v) is 3.05. The summed E-state index contributed by atoms with van der Waals surface area (Å²) in [7, 11) is -3.57. The zero-order valence-electron chi connectivity index (χ0n) is 14.1. The third-order valence-electron chi connectivity index (χ3n) is 3.57. The van der Waals surface area contributed by atoms with E-state index in [1.165, 1.54) is 6.08 Å². The normalized spacial score (nSPS) is 12.8. The van der Waals surface area contributed by atoms with Gasteiger partial charge in [-0.2, -0.15) is 0 Å². The van der Waals surface area contributed by atoms with Gasteiger partial charge in [-0.15, -0.1) is 0 Å². The summed E-state index contributed by atoms with van der Waals surface area (Å²) >= 11 is 0. The quantitative estimate of drug-likeness (QED) is 0.762. The molecule has 0 aliphatic heterocycles. The van der Waals surface area contributed by atoms with Crippen LogP contribution in [0.3, 0.4) is 0 Å². The van der Waals surface area contributed by atoms with E-state index in [0.29, 0.717) is 0 Å². The van der Waals surface area contributed by atoms with Gasteiger partial charge in [-0.25, -0.2) is 13.1 Å². The van der Waals surface area contributed by atoms with Crippen LogP contribution in [0, 0.1) is 0 Å². The van der Waals surface area contributed by atoms with Gasteiger partial charge in [-0.1, -0.05) is 60.7 Å². The van der Waals surface area contributed by atoms with Crippen LogP contribution < -0.4 is 10.0 Å². The lowest BCUT2D eigenvalue weighted by Crippen LogP contribution is -2.31. The maximum Gasteiger partial charge on any atom is 0.233 e. The summed E-state index contributed by atoms with van der Waals surface area (Å²) in [6, 6.07) is 18.6. The second-order valence-corrected chi connectivity index (χ2v) is 7.25. The van der Waals surface area contributed by atoms with Crippen LogP contribution in [0.4, 0.5) is 0 Å². The van der Waals surface area contributed by atoms with Crippen molar-refractivity contribution in [3.8, 4) is 0 Å². The second-order valence-electron chi connectivity index (χ2n) is 5.60. The lowest BCUT2D eigenvalue weighted by molar-refractivity contribution is -0.121. The minimum Gasteiger partial charge on any atom is -0.350 e. The van der Waals surface area contributed by atoms with Crippen LogP contribution >= 0.6 is 0 Å². The van der Waals surface area contributed by atoms with E-state index in [1.807, 2.05) is 67.6 Å². The predicted molar refractivity (Wildman–Crippen MR) is 100 cm³/mol. The third-order valence-corrected chi connectivity index (χ3v) is 4.67. The van der Waals surface area contributed by atoms with Crippen LogP contribution in [0.2, 0.25) is 0 Å². The van der Waals surface area contributed by atoms with E-state index >= 15 is 0 Å². The molecule has 0 aliphatic rings. The monoisotopic (exact) mass is 358 g/mol. The molecule has 0 fully saturated rings. The highest BCUT2D eigenvalue weighted by molar-refractivity contribution is 7.92. The second kappa shape index (κ2) is 9.15. The molecule has 0 saturated heterocycles. The first kappa shape index (κ1) is 18.9. The van der Waals surface area contributed by atoms with Crippen molar-refractivity contribution in [3.05, 3.63) is 77.2 Å². The third kappa shape index (κ3) is 6.91. The average molecular weight is 358 g/mol. The van der Waals surface area contributed by atoms with E-state index < -0.39 is 10.0 Å². The summed E-state index contributed by atoms with van der Waals surface area (Å²) in [5.74, 6) is -0.203. The Morgan fingerprint density at radius 2 is 1.64 bits per heavy atom. The number of carbonyl (C=O) groups is 1. The molecule has 2 rings (SSSR count). The molecule has 2 N–H and O–H groups in total. The van der Waals surface area contributed by atoms with Crippen molar-refractivity contribution in [1.82, 2.24) is 10.0 Å². The van der Waals surface area contributed by atoms with Crippen molar-refractivity contribution in [2.45, 2.75) is 19.4 Å². The van der Waals surface area contributed by atoms with Crippen molar-refractivity contribution < 1.29 is 13.2 Å². The van der Waals surface area contributed by atoms with E-state index in [1.54, 1.807) is 0 Å². The molecule has 0 bridgehead atoms. The molecule has 0 radical (unpaired) electrons. The number of sulfonamides is 1. The van der Waals surface area contributed by atoms with Gasteiger partial charge in [0, 0.05) is 18.4 Å². The maximum absolute atomic E-state index is 11.9. The molecule has 1 amide bonds. The van der Waals surface area contributed by atoms with Crippen LogP contribution in [-0.2, 0) is 14.8 Å². The first-order chi connectivity index (χ1) is 12.0. The molecule has 6 heteroatoms. The highest BCUT2D eigenvalue weighted by Gasteiger charge is 2.10. The molecule has 5 nitrogen and oxygen atoms in total. The largest absolute Gasteiger partial charge is 0.350 e. The first-order valence-electron chi connectivity index (χ1n) is 8.03. The van der Waals surface area contributed by atoms with Crippen LogP contribution in [0.15, 0.2) is 66.1 Å². The number of hydrogen-bond donors (Lipinski definition) is 2. The Labute approximate surface area is 148 Å². The molecule has 0 aliphatic carbocycles. The molecule has 0 spiro atoms. The van der Waals surface area contributed by atoms with Gasteiger partial charge in [0.1, 0.15) is 0 Å². The standard InChI is InChI=1S/C19H22N2O3S/c1-16(18-10-6-3-7-11-18)21-19(22)12-14-20-25(23,24)15-13-17-8-4-2-5-9-17/h2-11,13,15-16,20H,12,14H2,1H3,(H,21,22)/b15-13+. The summed E-state index contributed by atoms with van der Waals surface area (Å²) < 4.78 is 26.2. The lowest BCUT2D eigenvalue weighted by atomic mass is 10.1. The van der Waals surface area contributed by atoms with Gasteiger partial charge in [-0.3, -0.25) is 4.79 Å². The molecule has 1 atom stereocenters. The topological polar surface area (TPSA) is 75.3 Å². The minimum absolute atomic E-state index is 0.0504. The van der Waals surface area contributed by atoms with Crippen LogP contribution in [0.1, 0.15) is 30.5 Å². The first-order valence-corrected chi connectivity index (χ1v) is 9.58. The van der Waals surface area contributed by atoms with Crippen molar-refractivity contribution in [1.29, 1.82) is 0 Å². The van der Waals surface area contributed by atoms with Gasteiger partial charge in [0.25, 0.3) is 0 Å². The highest BCUT2D eigenvalue weighted by Crippen LogP contribution is 2.11. The number of nitrogens with one attached hydrogen (secondary N) is 2. The Balaban J connectivity index is 1.77. The van der Waals surface area contributed by atoms with E-state index in [4.69, 9.17) is 0 Å². The van der Waals surface area contributed by atoms with Gasteiger partial charge < -0.3 is 5.32 Å². The van der Waals surface area contributed by atoms with Gasteiger partial charge in [-0.05, 0) is 24.1 Å². The van der Waals surface area contributed by atoms with E-state index in [9.17, 15) is 13.2 Å². The molecule has 2 aromatic carbocycles. The van der Waals surface area contributed by atoms with Crippen LogP contribution in [-0.4, -0.2) is 20.9 Å². The highest BCUT2D eigenvalue weighted by atomic mass is 32.2. The van der Waals surface area contributed by atoms with Gasteiger partial charge in [0.2, 0.25) is 15.9 Å². The van der Waals surface area contributed by atoms with Gasteiger partial charge in [0.05, 0.1) is 6.04 Å². The molecule has 25 heavy (non-hydrogen) atoms. The zero-order chi connectivity index (χ0) is 18.1. The SMILES string of the molecule is CC(NC(=O)CCNS(=O)(=O)/C=C/c1ccccc1)c1ccccc1. The van der Waals surface area contributed by atoms with Crippen molar-refractivity contribution in [2.24, 2.45) is 0 Å². The Morgan fingerprint density at radius 3 is 2.28 bits per heavy atom. The molecule has 132 valence electrons. The number of hydrogen-bond acceptors (Lipinski definition) is 3. The van der Waals surface area contributed by atoms with E-state index in [2.05, 4.69) is 10.0 Å².